The summed E-state index contributed by atoms with van der Waals surface area (Å²) in [4.78, 5) is 0.221. The fourth-order valence-electron chi connectivity index (χ4n) is 2.18. The molecule has 19 heavy (non-hydrogen) atoms. The van der Waals surface area contributed by atoms with Gasteiger partial charge in [-0.15, -0.1) is 0 Å². The second kappa shape index (κ2) is 5.58. The molecular formula is C13H19NO4S. The van der Waals surface area contributed by atoms with Crippen LogP contribution in [0.2, 0.25) is 0 Å². The first-order chi connectivity index (χ1) is 8.94. The molecular weight excluding hydrogens is 266 g/mol. The molecule has 1 aliphatic heterocycles. The number of aryl methyl sites for hydroxylation is 1. The maximum absolute atomic E-state index is 12.4. The highest BCUT2D eigenvalue weighted by molar-refractivity contribution is 7.89. The lowest BCUT2D eigenvalue weighted by atomic mass is 10.2. The van der Waals surface area contributed by atoms with Gasteiger partial charge in [0.05, 0.1) is 23.6 Å². The number of sulfonamides is 1. The molecule has 1 saturated heterocycles. The Morgan fingerprint density at radius 1 is 1.47 bits per heavy atom. The van der Waals surface area contributed by atoms with Crippen LogP contribution in [0.3, 0.4) is 0 Å². The van der Waals surface area contributed by atoms with Gasteiger partial charge in [0, 0.05) is 6.61 Å². The van der Waals surface area contributed by atoms with E-state index in [2.05, 4.69) is 4.72 Å². The van der Waals surface area contributed by atoms with E-state index in [1.807, 2.05) is 6.92 Å². The number of hydrogen-bond donors (Lipinski definition) is 2. The molecule has 0 aliphatic carbocycles. The maximum Gasteiger partial charge on any atom is 0.241 e. The molecule has 0 amide bonds. The third-order valence-electron chi connectivity index (χ3n) is 3.41. The first-order valence-corrected chi connectivity index (χ1v) is 7.76. The van der Waals surface area contributed by atoms with E-state index in [4.69, 9.17) is 9.84 Å². The predicted octanol–water partition coefficient (Wildman–Crippen LogP) is 0.943. The molecule has 0 aromatic heterocycles. The van der Waals surface area contributed by atoms with Gasteiger partial charge in [-0.2, -0.15) is 0 Å². The highest BCUT2D eigenvalue weighted by Gasteiger charge is 2.29. The molecule has 2 rings (SSSR count). The average molecular weight is 285 g/mol. The standard InChI is InChI=1S/C13H19NO4S/c1-9-3-4-11(8-15)7-13(9)19(16,17)14-12-5-6-18-10(12)2/h3-4,7,10,12,14-15H,5-6,8H2,1-2H3. The Hall–Kier alpha value is -0.950. The summed E-state index contributed by atoms with van der Waals surface area (Å²) in [6.45, 7) is 4.00. The second-order valence-corrected chi connectivity index (χ2v) is 6.53. The first kappa shape index (κ1) is 14.5. The van der Waals surface area contributed by atoms with E-state index in [1.54, 1.807) is 19.1 Å². The van der Waals surface area contributed by atoms with E-state index in [9.17, 15) is 8.42 Å². The van der Waals surface area contributed by atoms with Crippen molar-refractivity contribution in [2.24, 2.45) is 0 Å². The fraction of sp³-hybridized carbons (Fsp3) is 0.538. The van der Waals surface area contributed by atoms with Crippen LogP contribution in [0, 0.1) is 6.92 Å². The van der Waals surface area contributed by atoms with Gasteiger partial charge in [-0.25, -0.2) is 13.1 Å². The molecule has 1 aromatic rings. The van der Waals surface area contributed by atoms with Gasteiger partial charge >= 0.3 is 0 Å². The van der Waals surface area contributed by atoms with Crippen molar-refractivity contribution in [3.63, 3.8) is 0 Å². The van der Waals surface area contributed by atoms with Crippen molar-refractivity contribution >= 4 is 10.0 Å². The fourth-order valence-corrected chi connectivity index (χ4v) is 3.82. The Morgan fingerprint density at radius 2 is 2.21 bits per heavy atom. The van der Waals surface area contributed by atoms with E-state index in [0.29, 0.717) is 24.2 Å². The molecule has 0 spiro atoms. The molecule has 1 aliphatic rings. The highest BCUT2D eigenvalue weighted by Crippen LogP contribution is 2.20. The molecule has 1 aromatic carbocycles. The molecule has 106 valence electrons. The van der Waals surface area contributed by atoms with Crippen molar-refractivity contribution in [1.29, 1.82) is 0 Å². The molecule has 0 bridgehead atoms. The first-order valence-electron chi connectivity index (χ1n) is 6.28. The number of ether oxygens (including phenoxy) is 1. The van der Waals surface area contributed by atoms with Gasteiger partial charge in [0.1, 0.15) is 0 Å². The summed E-state index contributed by atoms with van der Waals surface area (Å²) in [7, 11) is -3.58. The van der Waals surface area contributed by atoms with Crippen LogP contribution in [-0.4, -0.2) is 32.3 Å². The van der Waals surface area contributed by atoms with Crippen LogP contribution in [0.1, 0.15) is 24.5 Å². The SMILES string of the molecule is Cc1ccc(CO)cc1S(=O)(=O)NC1CCOC1C. The Balaban J connectivity index is 2.28. The van der Waals surface area contributed by atoms with Crippen LogP contribution in [0.15, 0.2) is 23.1 Å². The van der Waals surface area contributed by atoms with Crippen molar-refractivity contribution in [1.82, 2.24) is 4.72 Å². The van der Waals surface area contributed by atoms with Crippen molar-refractivity contribution in [2.45, 2.75) is 43.9 Å². The monoisotopic (exact) mass is 285 g/mol. The quantitative estimate of drug-likeness (QED) is 0.863. The summed E-state index contributed by atoms with van der Waals surface area (Å²) >= 11 is 0. The minimum absolute atomic E-state index is 0.115. The molecule has 1 heterocycles. The van der Waals surface area contributed by atoms with Gasteiger partial charge in [0.15, 0.2) is 0 Å². The molecule has 2 unspecified atom stereocenters. The number of hydrogen-bond acceptors (Lipinski definition) is 4. The van der Waals surface area contributed by atoms with Crippen molar-refractivity contribution in [2.75, 3.05) is 6.61 Å². The van der Waals surface area contributed by atoms with Crippen LogP contribution in [0.5, 0.6) is 0 Å². The number of nitrogens with one attached hydrogen (secondary N) is 1. The summed E-state index contributed by atoms with van der Waals surface area (Å²) in [5, 5.41) is 9.11. The molecule has 5 nitrogen and oxygen atoms in total. The highest BCUT2D eigenvalue weighted by atomic mass is 32.2. The van der Waals surface area contributed by atoms with Crippen molar-refractivity contribution in [3.8, 4) is 0 Å². The number of aliphatic hydroxyl groups excluding tert-OH is 1. The zero-order chi connectivity index (χ0) is 14.0. The number of aliphatic hydroxyl groups is 1. The van der Waals surface area contributed by atoms with Crippen molar-refractivity contribution < 1.29 is 18.3 Å². The van der Waals surface area contributed by atoms with Crippen molar-refractivity contribution in [3.05, 3.63) is 29.3 Å². The predicted molar refractivity (Wildman–Crippen MR) is 71.2 cm³/mol. The Labute approximate surface area is 113 Å². The second-order valence-electron chi connectivity index (χ2n) is 4.85. The Bertz CT molecular complexity index is 556. The third-order valence-corrected chi connectivity index (χ3v) is 5.04. The smallest absolute Gasteiger partial charge is 0.241 e. The van der Waals surface area contributed by atoms with E-state index < -0.39 is 10.0 Å². The number of benzene rings is 1. The Kier molecular flexibility index (Phi) is 4.25. The molecule has 0 radical (unpaired) electrons. The van der Waals surface area contributed by atoms with E-state index >= 15 is 0 Å². The molecule has 6 heteroatoms. The van der Waals surface area contributed by atoms with Crippen LogP contribution in [0.4, 0.5) is 0 Å². The number of rotatable bonds is 4. The lowest BCUT2D eigenvalue weighted by Crippen LogP contribution is -2.39. The minimum Gasteiger partial charge on any atom is -0.392 e. The van der Waals surface area contributed by atoms with Crippen LogP contribution < -0.4 is 4.72 Å². The summed E-state index contributed by atoms with van der Waals surface area (Å²) in [6, 6.07) is 4.74. The summed E-state index contributed by atoms with van der Waals surface area (Å²) in [5.41, 5.74) is 1.25. The Morgan fingerprint density at radius 3 is 2.79 bits per heavy atom. The van der Waals surface area contributed by atoms with E-state index in [1.165, 1.54) is 6.07 Å². The largest absolute Gasteiger partial charge is 0.392 e. The lowest BCUT2D eigenvalue weighted by molar-refractivity contribution is 0.117. The van der Waals surface area contributed by atoms with Gasteiger partial charge in [0.2, 0.25) is 10.0 Å². The van der Waals surface area contributed by atoms with E-state index in [0.717, 1.165) is 0 Å². The van der Waals surface area contributed by atoms with Gasteiger partial charge in [-0.3, -0.25) is 0 Å². The minimum atomic E-state index is -3.58. The van der Waals surface area contributed by atoms with Crippen LogP contribution in [0.25, 0.3) is 0 Å². The molecule has 0 saturated carbocycles. The van der Waals surface area contributed by atoms with Gasteiger partial charge in [0.25, 0.3) is 0 Å². The topological polar surface area (TPSA) is 75.6 Å². The third kappa shape index (κ3) is 3.14. The van der Waals surface area contributed by atoms with Crippen LogP contribution in [-0.2, 0) is 21.4 Å². The summed E-state index contributed by atoms with van der Waals surface area (Å²) < 4.78 is 32.8. The zero-order valence-corrected chi connectivity index (χ0v) is 11.9. The zero-order valence-electron chi connectivity index (χ0n) is 11.1. The van der Waals surface area contributed by atoms with Gasteiger partial charge in [-0.1, -0.05) is 12.1 Å². The summed E-state index contributed by atoms with van der Waals surface area (Å²) in [5.74, 6) is 0. The molecule has 2 atom stereocenters. The molecule has 1 fully saturated rings. The lowest BCUT2D eigenvalue weighted by Gasteiger charge is -2.17. The normalized spacial score (nSPS) is 23.7. The maximum atomic E-state index is 12.4. The van der Waals surface area contributed by atoms with Gasteiger partial charge in [-0.05, 0) is 37.5 Å². The molecule has 2 N–H and O–H groups in total. The van der Waals surface area contributed by atoms with E-state index in [-0.39, 0.29) is 23.6 Å². The summed E-state index contributed by atoms with van der Waals surface area (Å²) in [6.07, 6.45) is 0.565. The van der Waals surface area contributed by atoms with Crippen LogP contribution >= 0.6 is 0 Å². The average Bonchev–Trinajstić information content (AvgIpc) is 2.75. The van der Waals surface area contributed by atoms with Gasteiger partial charge < -0.3 is 9.84 Å².